The molecule has 0 spiro atoms. The average molecular weight is 669 g/mol. The molecule has 0 bridgehead atoms. The summed E-state index contributed by atoms with van der Waals surface area (Å²) in [5.74, 6) is 0. The highest BCUT2D eigenvalue weighted by Crippen LogP contribution is 2.39. The molecule has 4 rings (SSSR count). The molecule has 208 valence electrons. The van der Waals surface area contributed by atoms with E-state index in [1.54, 1.807) is 0 Å². The van der Waals surface area contributed by atoms with Gasteiger partial charge in [-0.2, -0.15) is 0 Å². The Balaban J connectivity index is 1.43. The molecule has 1 heterocycles. The third-order valence-electron chi connectivity index (χ3n) is 8.17. The van der Waals surface area contributed by atoms with Gasteiger partial charge in [-0.25, -0.2) is 4.79 Å². The number of likely N-dealkylation sites (tertiary alicyclic amines) is 1. The van der Waals surface area contributed by atoms with E-state index in [-0.39, 0.29) is 17.2 Å². The molecule has 2 fully saturated rings. The first-order valence-corrected chi connectivity index (χ1v) is 17.4. The summed E-state index contributed by atoms with van der Waals surface area (Å²) in [4.78, 5) is 15.3. The van der Waals surface area contributed by atoms with Crippen LogP contribution < -0.4 is 10.4 Å². The molecule has 1 amide bonds. The number of hydrogen-bond donors (Lipinski definition) is 2. The van der Waals surface area contributed by atoms with Gasteiger partial charge < -0.3 is 14.6 Å². The highest BCUT2D eigenvalue weighted by Gasteiger charge is 2.53. The number of benzene rings is 2. The molecular formula is C29H40Br2N2O4Si. The predicted molar refractivity (Wildman–Crippen MR) is 162 cm³/mol. The number of aliphatic hydroxyl groups is 1. The molecule has 1 saturated heterocycles. The van der Waals surface area contributed by atoms with Gasteiger partial charge in [0.25, 0.3) is 8.32 Å². The van der Waals surface area contributed by atoms with Crippen LogP contribution in [-0.4, -0.2) is 82.1 Å². The van der Waals surface area contributed by atoms with Crippen molar-refractivity contribution in [3.63, 3.8) is 0 Å². The van der Waals surface area contributed by atoms with E-state index in [9.17, 15) is 15.0 Å². The van der Waals surface area contributed by atoms with Crippen LogP contribution in [0.15, 0.2) is 60.7 Å². The minimum Gasteiger partial charge on any atom is -0.465 e. The lowest BCUT2D eigenvalue weighted by Gasteiger charge is -2.52. The number of alkyl halides is 2. The molecule has 1 aliphatic carbocycles. The maximum atomic E-state index is 12.0. The van der Waals surface area contributed by atoms with Gasteiger partial charge in [0.1, 0.15) is 4.95 Å². The van der Waals surface area contributed by atoms with Crippen molar-refractivity contribution in [1.29, 1.82) is 0 Å². The summed E-state index contributed by atoms with van der Waals surface area (Å²) >= 11 is 6.66. The van der Waals surface area contributed by atoms with Gasteiger partial charge in [-0.3, -0.25) is 9.80 Å². The molecule has 2 aromatic rings. The minimum absolute atomic E-state index is 0.0413. The first kappa shape index (κ1) is 29.7. The molecule has 38 heavy (non-hydrogen) atoms. The van der Waals surface area contributed by atoms with E-state index in [1.165, 1.54) is 15.3 Å². The fourth-order valence-electron chi connectivity index (χ4n) is 6.21. The lowest BCUT2D eigenvalue weighted by molar-refractivity contribution is -0.0318. The maximum absolute atomic E-state index is 12.0. The monoisotopic (exact) mass is 666 g/mol. The lowest BCUT2D eigenvalue weighted by Crippen LogP contribution is -2.71. The molecule has 6 nitrogen and oxygen atoms in total. The topological polar surface area (TPSA) is 73.2 Å². The molecule has 1 saturated carbocycles. The van der Waals surface area contributed by atoms with Crippen LogP contribution in [0.25, 0.3) is 0 Å². The third kappa shape index (κ3) is 6.08. The summed E-state index contributed by atoms with van der Waals surface area (Å²) in [6, 6.07) is 21.9. The van der Waals surface area contributed by atoms with Gasteiger partial charge in [0.15, 0.2) is 0 Å². The first-order chi connectivity index (χ1) is 18.1. The average Bonchev–Trinajstić information content (AvgIpc) is 2.88. The van der Waals surface area contributed by atoms with E-state index in [4.69, 9.17) is 4.43 Å². The summed E-state index contributed by atoms with van der Waals surface area (Å²) in [5, 5.41) is 22.9. The molecule has 2 N–H and O–H groups in total. The normalized spacial score (nSPS) is 22.9. The van der Waals surface area contributed by atoms with E-state index in [1.807, 2.05) is 0 Å². The van der Waals surface area contributed by atoms with E-state index < -0.39 is 25.5 Å². The van der Waals surface area contributed by atoms with Gasteiger partial charge in [-0.05, 0) is 41.1 Å². The van der Waals surface area contributed by atoms with Gasteiger partial charge >= 0.3 is 6.09 Å². The van der Waals surface area contributed by atoms with Crippen LogP contribution in [0.4, 0.5) is 4.79 Å². The van der Waals surface area contributed by atoms with E-state index in [0.717, 1.165) is 38.8 Å². The van der Waals surface area contributed by atoms with Gasteiger partial charge in [0.2, 0.25) is 0 Å². The fourth-order valence-corrected chi connectivity index (χ4v) is 12.4. The van der Waals surface area contributed by atoms with Gasteiger partial charge in [0.05, 0.1) is 12.2 Å². The summed E-state index contributed by atoms with van der Waals surface area (Å²) in [6.07, 6.45) is 1.89. The molecular weight excluding hydrogens is 628 g/mol. The zero-order valence-corrected chi connectivity index (χ0v) is 26.6. The van der Waals surface area contributed by atoms with Crippen LogP contribution in [0.1, 0.15) is 46.5 Å². The van der Waals surface area contributed by atoms with Crippen molar-refractivity contribution < 1.29 is 19.4 Å². The van der Waals surface area contributed by atoms with Crippen LogP contribution in [0, 0.1) is 0 Å². The number of halogens is 2. The zero-order chi connectivity index (χ0) is 27.5. The van der Waals surface area contributed by atoms with Gasteiger partial charge in [-0.15, -0.1) is 0 Å². The molecule has 2 aromatic carbocycles. The number of nitrogens with zero attached hydrogens (tertiary/aromatic N) is 2. The van der Waals surface area contributed by atoms with Crippen LogP contribution in [-0.2, 0) is 4.43 Å². The molecule has 0 radical (unpaired) electrons. The van der Waals surface area contributed by atoms with Crippen molar-refractivity contribution in [3.8, 4) is 0 Å². The zero-order valence-electron chi connectivity index (χ0n) is 22.5. The van der Waals surface area contributed by atoms with Crippen LogP contribution in [0.3, 0.4) is 0 Å². The van der Waals surface area contributed by atoms with Gasteiger partial charge in [0, 0.05) is 30.5 Å². The van der Waals surface area contributed by atoms with Crippen molar-refractivity contribution in [2.45, 2.75) is 80.7 Å². The number of rotatable bonds is 9. The Morgan fingerprint density at radius 1 is 1.03 bits per heavy atom. The SMILES string of the molecule is CC(C)(C)[Si](OC1CN([C@H]2CC[C@H](N(C(=O)O)C(Br)C(O)CBr)CC2)C1)(c1ccccc1)c1ccccc1. The largest absolute Gasteiger partial charge is 0.465 e. The number of aliphatic hydroxyl groups excluding tert-OH is 1. The van der Waals surface area contributed by atoms with Crippen LogP contribution in [0.5, 0.6) is 0 Å². The molecule has 0 aromatic heterocycles. The van der Waals surface area contributed by atoms with Crippen LogP contribution >= 0.6 is 31.9 Å². The second-order valence-electron chi connectivity index (χ2n) is 11.6. The summed E-state index contributed by atoms with van der Waals surface area (Å²) < 4.78 is 7.27. The Morgan fingerprint density at radius 2 is 1.53 bits per heavy atom. The van der Waals surface area contributed by atoms with Crippen molar-refractivity contribution in [2.24, 2.45) is 0 Å². The van der Waals surface area contributed by atoms with Crippen molar-refractivity contribution in [3.05, 3.63) is 60.7 Å². The Labute approximate surface area is 244 Å². The Morgan fingerprint density at radius 3 is 1.95 bits per heavy atom. The van der Waals surface area contributed by atoms with E-state index in [0.29, 0.717) is 11.4 Å². The lowest BCUT2D eigenvalue weighted by atomic mass is 9.87. The quantitative estimate of drug-likeness (QED) is 0.223. The number of amides is 1. The third-order valence-corrected chi connectivity index (χ3v) is 15.0. The molecule has 2 aliphatic rings. The smallest absolute Gasteiger partial charge is 0.408 e. The fraction of sp³-hybridized carbons (Fsp3) is 0.552. The van der Waals surface area contributed by atoms with Gasteiger partial charge in [-0.1, -0.05) is 113 Å². The summed E-state index contributed by atoms with van der Waals surface area (Å²) in [5.41, 5.74) is 0. The molecule has 2 atom stereocenters. The second kappa shape index (κ2) is 12.5. The maximum Gasteiger partial charge on any atom is 0.408 e. The van der Waals surface area contributed by atoms with Crippen molar-refractivity contribution >= 4 is 56.6 Å². The Bertz CT molecular complexity index is 1000. The van der Waals surface area contributed by atoms with Crippen molar-refractivity contribution in [1.82, 2.24) is 9.80 Å². The molecule has 2 unspecified atom stereocenters. The second-order valence-corrected chi connectivity index (χ2v) is 17.4. The summed E-state index contributed by atoms with van der Waals surface area (Å²) in [6.45, 7) is 8.76. The van der Waals surface area contributed by atoms with E-state index >= 15 is 0 Å². The Hall–Kier alpha value is -1.23. The highest BCUT2D eigenvalue weighted by atomic mass is 79.9. The number of carboxylic acid groups (broad SMARTS) is 1. The van der Waals surface area contributed by atoms with Crippen LogP contribution in [0.2, 0.25) is 5.04 Å². The summed E-state index contributed by atoms with van der Waals surface area (Å²) in [7, 11) is -2.56. The first-order valence-electron chi connectivity index (χ1n) is 13.5. The number of carbonyl (C=O) groups is 1. The van der Waals surface area contributed by atoms with Crippen molar-refractivity contribution in [2.75, 3.05) is 18.4 Å². The van der Waals surface area contributed by atoms with E-state index in [2.05, 4.69) is 118 Å². The molecule has 1 aliphatic heterocycles. The standard InChI is InChI=1S/C29H40Br2N2O4Si/c1-29(2,3)38(24-10-6-4-7-11-24,25-12-8-5-9-13-25)37-23-19-32(20-23)21-14-16-22(17-15-21)33(28(35)36)27(31)26(34)18-30/h4-13,21-23,26-27,34H,14-20H2,1-3H3,(H,35,36)/t21-,22-,26?,27?. The number of hydrogen-bond acceptors (Lipinski definition) is 4. The highest BCUT2D eigenvalue weighted by molar-refractivity contribution is 9.10. The minimum atomic E-state index is -2.56. The Kier molecular flexibility index (Phi) is 9.80. The predicted octanol–water partition coefficient (Wildman–Crippen LogP) is 5.02. The molecule has 9 heteroatoms.